The Kier molecular flexibility index (Phi) is 7.19. The second-order valence-electron chi connectivity index (χ2n) is 7.67. The second kappa shape index (κ2) is 10.4. The lowest BCUT2D eigenvalue weighted by molar-refractivity contribution is -0.113. The lowest BCUT2D eigenvalue weighted by Crippen LogP contribution is -2.23. The van der Waals surface area contributed by atoms with Crippen LogP contribution in [0.2, 0.25) is 0 Å². The quantitative estimate of drug-likeness (QED) is 0.274. The van der Waals surface area contributed by atoms with Crippen molar-refractivity contribution in [3.63, 3.8) is 0 Å². The first-order valence-corrected chi connectivity index (χ1v) is 11.8. The number of aryl methyl sites for hydroxylation is 1. The molecule has 0 aliphatic carbocycles. The number of unbranched alkanes of at least 4 members (excludes halogenated alkanes) is 1. The van der Waals surface area contributed by atoms with E-state index in [9.17, 15) is 14.0 Å². The van der Waals surface area contributed by atoms with Crippen LogP contribution in [0.5, 0.6) is 0 Å². The number of nitrogens with one attached hydrogen (secondary N) is 1. The summed E-state index contributed by atoms with van der Waals surface area (Å²) in [6.07, 6.45) is 3.30. The summed E-state index contributed by atoms with van der Waals surface area (Å²) < 4.78 is 14.9. The van der Waals surface area contributed by atoms with Crippen molar-refractivity contribution in [2.45, 2.75) is 31.3 Å². The molecule has 3 aromatic carbocycles. The molecule has 0 fully saturated rings. The Hall–Kier alpha value is -3.45. The molecule has 1 amide bonds. The molecule has 0 bridgehead atoms. The molecule has 33 heavy (non-hydrogen) atoms. The maximum atomic E-state index is 13.4. The van der Waals surface area contributed by atoms with Crippen molar-refractivity contribution >= 4 is 34.3 Å². The van der Waals surface area contributed by atoms with Crippen LogP contribution in [0.15, 0.2) is 82.7 Å². The second-order valence-corrected chi connectivity index (χ2v) is 8.61. The third-order valence-corrected chi connectivity index (χ3v) is 6.16. The monoisotopic (exact) mass is 461 g/mol. The fraction of sp³-hybridized carbons (Fsp3) is 0.192. The van der Waals surface area contributed by atoms with Gasteiger partial charge < -0.3 is 5.32 Å². The number of hydrogen-bond acceptors (Lipinski definition) is 4. The van der Waals surface area contributed by atoms with Gasteiger partial charge in [-0.05, 0) is 66.9 Å². The fourth-order valence-electron chi connectivity index (χ4n) is 3.49. The van der Waals surface area contributed by atoms with Crippen molar-refractivity contribution in [1.29, 1.82) is 0 Å². The van der Waals surface area contributed by atoms with Gasteiger partial charge in [0, 0.05) is 5.69 Å². The van der Waals surface area contributed by atoms with Gasteiger partial charge in [-0.2, -0.15) is 0 Å². The molecule has 1 heterocycles. The van der Waals surface area contributed by atoms with Crippen molar-refractivity contribution in [1.82, 2.24) is 9.55 Å². The van der Waals surface area contributed by atoms with Crippen LogP contribution in [0.1, 0.15) is 25.3 Å². The molecule has 4 rings (SSSR count). The van der Waals surface area contributed by atoms with E-state index < -0.39 is 5.82 Å². The molecule has 0 aliphatic heterocycles. The van der Waals surface area contributed by atoms with E-state index >= 15 is 0 Å². The Labute approximate surface area is 195 Å². The zero-order valence-corrected chi connectivity index (χ0v) is 19.1. The Morgan fingerprint density at radius 1 is 1.03 bits per heavy atom. The van der Waals surface area contributed by atoms with E-state index in [0.29, 0.717) is 21.7 Å². The summed E-state index contributed by atoms with van der Waals surface area (Å²) in [5.74, 6) is -0.520. The highest BCUT2D eigenvalue weighted by atomic mass is 32.2. The average molecular weight is 462 g/mol. The maximum absolute atomic E-state index is 13.4. The minimum atomic E-state index is -0.394. The van der Waals surface area contributed by atoms with Crippen LogP contribution < -0.4 is 10.9 Å². The van der Waals surface area contributed by atoms with Crippen molar-refractivity contribution in [2.24, 2.45) is 0 Å². The average Bonchev–Trinajstić information content (AvgIpc) is 2.83. The van der Waals surface area contributed by atoms with E-state index in [4.69, 9.17) is 0 Å². The van der Waals surface area contributed by atoms with Gasteiger partial charge in [0.05, 0.1) is 22.3 Å². The topological polar surface area (TPSA) is 64.0 Å². The third kappa shape index (κ3) is 5.49. The summed E-state index contributed by atoms with van der Waals surface area (Å²) >= 11 is 1.16. The minimum absolute atomic E-state index is 0.0730. The van der Waals surface area contributed by atoms with Crippen LogP contribution in [-0.4, -0.2) is 21.2 Å². The summed E-state index contributed by atoms with van der Waals surface area (Å²) in [6, 6.07) is 20.5. The molecule has 1 N–H and O–H groups in total. The first-order valence-electron chi connectivity index (χ1n) is 10.8. The van der Waals surface area contributed by atoms with Gasteiger partial charge in [0.15, 0.2) is 5.16 Å². The predicted octanol–water partition coefficient (Wildman–Crippen LogP) is 5.60. The number of amides is 1. The van der Waals surface area contributed by atoms with Gasteiger partial charge in [0.25, 0.3) is 5.56 Å². The smallest absolute Gasteiger partial charge is 0.266 e. The zero-order chi connectivity index (χ0) is 23.2. The molecular weight excluding hydrogens is 437 g/mol. The Morgan fingerprint density at radius 3 is 2.48 bits per heavy atom. The lowest BCUT2D eigenvalue weighted by Gasteiger charge is -2.13. The number of rotatable bonds is 8. The van der Waals surface area contributed by atoms with Gasteiger partial charge in [0.2, 0.25) is 5.91 Å². The van der Waals surface area contributed by atoms with Gasteiger partial charge >= 0.3 is 0 Å². The van der Waals surface area contributed by atoms with Gasteiger partial charge in [0.1, 0.15) is 5.82 Å². The number of thioether (sulfide) groups is 1. The predicted molar refractivity (Wildman–Crippen MR) is 132 cm³/mol. The van der Waals surface area contributed by atoms with E-state index in [1.165, 1.54) is 34.4 Å². The molecule has 0 unspecified atom stereocenters. The number of fused-ring (bicyclic) bond motifs is 1. The summed E-state index contributed by atoms with van der Waals surface area (Å²) in [4.78, 5) is 30.4. The number of halogens is 1. The van der Waals surface area contributed by atoms with E-state index in [1.807, 2.05) is 30.3 Å². The minimum Gasteiger partial charge on any atom is -0.325 e. The van der Waals surface area contributed by atoms with Crippen LogP contribution in [-0.2, 0) is 11.2 Å². The molecule has 0 saturated heterocycles. The van der Waals surface area contributed by atoms with Crippen LogP contribution in [0.25, 0.3) is 16.6 Å². The third-order valence-electron chi connectivity index (χ3n) is 5.22. The first kappa shape index (κ1) is 22.7. The van der Waals surface area contributed by atoms with Gasteiger partial charge in [-0.15, -0.1) is 0 Å². The van der Waals surface area contributed by atoms with E-state index in [2.05, 4.69) is 17.2 Å². The zero-order valence-electron chi connectivity index (χ0n) is 18.3. The normalized spacial score (nSPS) is 11.0. The molecule has 0 atom stereocenters. The Morgan fingerprint density at radius 2 is 1.76 bits per heavy atom. The van der Waals surface area contributed by atoms with Gasteiger partial charge in [-0.1, -0.05) is 49.4 Å². The highest BCUT2D eigenvalue weighted by Crippen LogP contribution is 2.22. The van der Waals surface area contributed by atoms with Crippen molar-refractivity contribution < 1.29 is 9.18 Å². The van der Waals surface area contributed by atoms with Crippen molar-refractivity contribution in [3.8, 4) is 5.69 Å². The van der Waals surface area contributed by atoms with Crippen molar-refractivity contribution in [2.75, 3.05) is 11.1 Å². The SMILES string of the molecule is CCCCc1ccc(NC(=O)CSc2nc3ccccc3c(=O)n2-c2ccc(F)cc2)cc1. The fourth-order valence-corrected chi connectivity index (χ4v) is 4.30. The molecule has 5 nitrogen and oxygen atoms in total. The molecule has 0 aliphatic rings. The molecule has 7 heteroatoms. The van der Waals surface area contributed by atoms with E-state index in [0.717, 1.165) is 36.7 Å². The summed E-state index contributed by atoms with van der Waals surface area (Å²) in [5.41, 5.74) is 2.74. The number of carbonyl (C=O) groups is 1. The van der Waals surface area contributed by atoms with Crippen LogP contribution in [0.4, 0.5) is 10.1 Å². The summed E-state index contributed by atoms with van der Waals surface area (Å²) in [6.45, 7) is 2.16. The number of aromatic nitrogens is 2. The lowest BCUT2D eigenvalue weighted by atomic mass is 10.1. The highest BCUT2D eigenvalue weighted by molar-refractivity contribution is 7.99. The number of nitrogens with zero attached hydrogens (tertiary/aromatic N) is 2. The number of benzene rings is 3. The molecule has 0 saturated carbocycles. The Bertz CT molecular complexity index is 1320. The highest BCUT2D eigenvalue weighted by Gasteiger charge is 2.15. The molecule has 1 aromatic heterocycles. The number of anilines is 1. The van der Waals surface area contributed by atoms with Gasteiger partial charge in [-0.25, -0.2) is 9.37 Å². The molecule has 168 valence electrons. The summed E-state index contributed by atoms with van der Waals surface area (Å²) in [5, 5.41) is 3.72. The Balaban J connectivity index is 1.55. The number of carbonyl (C=O) groups excluding carboxylic acids is 1. The molecule has 4 aromatic rings. The summed E-state index contributed by atoms with van der Waals surface area (Å²) in [7, 11) is 0. The molecular formula is C26H24FN3O2S. The van der Waals surface area contributed by atoms with Gasteiger partial charge in [-0.3, -0.25) is 14.2 Å². The first-order chi connectivity index (χ1) is 16.0. The standard InChI is InChI=1S/C26H24FN3O2S/c1-2-3-6-18-9-13-20(14-10-18)28-24(31)17-33-26-29-23-8-5-4-7-22(23)25(32)30(26)21-15-11-19(27)12-16-21/h4-5,7-16H,2-3,6,17H2,1H3,(H,28,31). The van der Waals surface area contributed by atoms with Crippen LogP contribution in [0.3, 0.4) is 0 Å². The van der Waals surface area contributed by atoms with Crippen LogP contribution >= 0.6 is 11.8 Å². The van der Waals surface area contributed by atoms with Crippen molar-refractivity contribution in [3.05, 3.63) is 94.5 Å². The van der Waals surface area contributed by atoms with E-state index in [-0.39, 0.29) is 17.2 Å². The van der Waals surface area contributed by atoms with Crippen LogP contribution in [0, 0.1) is 5.82 Å². The number of hydrogen-bond donors (Lipinski definition) is 1. The largest absolute Gasteiger partial charge is 0.325 e. The van der Waals surface area contributed by atoms with E-state index in [1.54, 1.807) is 18.2 Å². The molecule has 0 spiro atoms. The maximum Gasteiger partial charge on any atom is 0.266 e. The molecule has 0 radical (unpaired) electrons. The number of para-hydroxylation sites is 1.